The Labute approximate surface area is 266 Å². The number of fused-ring (bicyclic) bond motifs is 2. The summed E-state index contributed by atoms with van der Waals surface area (Å²) in [6.45, 7) is -1.17. The van der Waals surface area contributed by atoms with Gasteiger partial charge in [-0.05, 0) is 69.5 Å². The van der Waals surface area contributed by atoms with E-state index in [4.69, 9.17) is 0 Å². The molecule has 0 aliphatic heterocycles. The van der Waals surface area contributed by atoms with Crippen LogP contribution in [0.25, 0.3) is 43.8 Å². The van der Waals surface area contributed by atoms with E-state index < -0.39 is 29.8 Å². The fourth-order valence-electron chi connectivity index (χ4n) is 5.54. The molecule has 46 heavy (non-hydrogen) atoms. The number of ether oxygens (including phenoxy) is 1. The molecule has 0 heterocycles. The van der Waals surface area contributed by atoms with Crippen molar-refractivity contribution in [1.29, 1.82) is 0 Å². The van der Waals surface area contributed by atoms with Crippen LogP contribution in [0.15, 0.2) is 115 Å². The molecule has 0 bridgehead atoms. The second-order valence-corrected chi connectivity index (χ2v) is 11.2. The lowest BCUT2D eigenvalue weighted by molar-refractivity contribution is -0.0546. The van der Waals surface area contributed by atoms with Crippen molar-refractivity contribution in [1.82, 2.24) is 0 Å². The zero-order valence-corrected chi connectivity index (χ0v) is 25.6. The molecule has 0 aliphatic carbocycles. The second-order valence-electron chi connectivity index (χ2n) is 11.2. The van der Waals surface area contributed by atoms with Gasteiger partial charge < -0.3 is 4.74 Å². The van der Waals surface area contributed by atoms with E-state index >= 15 is 4.39 Å². The standard InChI is InChI=1S/C30H27F5O.C10H8/c1-2-3-4-5-6-7-19-8-10-20(11-9-19)21-12-14-24-22(16-21)13-15-25(28(24)33)23-17-26(31)29(27(32)18-23)36-30(34)35;1-2-6-10-8-4-3-7-9(10)5-1/h8-18,30H,2-7H2,1H3;1-8H. The number of hydrogen-bond donors (Lipinski definition) is 0. The highest BCUT2D eigenvalue weighted by molar-refractivity contribution is 5.91. The molecule has 1 nitrogen and oxygen atoms in total. The van der Waals surface area contributed by atoms with Crippen molar-refractivity contribution in [3.63, 3.8) is 0 Å². The Morgan fingerprint density at radius 2 is 1.15 bits per heavy atom. The molecule has 0 saturated carbocycles. The SMILES string of the molecule is CCCCCCCc1ccc(-c2ccc3c(F)c(-c4cc(F)c(OC(F)F)c(F)c4)ccc3c2)cc1.c1ccc2ccccc2c1. The van der Waals surface area contributed by atoms with Gasteiger partial charge in [0.05, 0.1) is 0 Å². The van der Waals surface area contributed by atoms with Crippen LogP contribution >= 0.6 is 0 Å². The Morgan fingerprint density at radius 3 is 1.74 bits per heavy atom. The summed E-state index contributed by atoms with van der Waals surface area (Å²) >= 11 is 0. The number of aryl methyl sites for hydroxylation is 1. The van der Waals surface area contributed by atoms with Crippen molar-refractivity contribution in [2.24, 2.45) is 0 Å². The van der Waals surface area contributed by atoms with E-state index in [0.29, 0.717) is 5.39 Å². The van der Waals surface area contributed by atoms with Crippen molar-refractivity contribution < 1.29 is 26.7 Å². The maximum atomic E-state index is 15.3. The van der Waals surface area contributed by atoms with Gasteiger partial charge in [0.15, 0.2) is 17.4 Å². The number of alkyl halides is 2. The maximum absolute atomic E-state index is 15.3. The summed E-state index contributed by atoms with van der Waals surface area (Å²) < 4.78 is 72.3. The fraction of sp³-hybridized carbons (Fsp3) is 0.200. The Kier molecular flexibility index (Phi) is 11.0. The molecule has 0 aliphatic rings. The van der Waals surface area contributed by atoms with Crippen molar-refractivity contribution in [3.8, 4) is 28.0 Å². The van der Waals surface area contributed by atoms with E-state index in [9.17, 15) is 17.6 Å². The lowest BCUT2D eigenvalue weighted by atomic mass is 9.96. The molecule has 6 heteroatoms. The Hall–Kier alpha value is -4.71. The van der Waals surface area contributed by atoms with Crippen LogP contribution in [0.2, 0.25) is 0 Å². The first-order chi connectivity index (χ1) is 22.3. The van der Waals surface area contributed by atoms with Crippen LogP contribution < -0.4 is 4.74 Å². The average Bonchev–Trinajstić information content (AvgIpc) is 3.07. The molecule has 0 aromatic heterocycles. The van der Waals surface area contributed by atoms with Gasteiger partial charge in [0.2, 0.25) is 0 Å². The van der Waals surface area contributed by atoms with E-state index in [1.54, 1.807) is 18.2 Å². The minimum absolute atomic E-state index is 0.0417. The quantitative estimate of drug-likeness (QED) is 0.109. The molecule has 236 valence electrons. The van der Waals surface area contributed by atoms with E-state index in [0.717, 1.165) is 29.7 Å². The molecule has 6 rings (SSSR count). The largest absolute Gasteiger partial charge is 0.429 e. The smallest absolute Gasteiger partial charge is 0.387 e. The van der Waals surface area contributed by atoms with Gasteiger partial charge in [-0.2, -0.15) is 8.78 Å². The first-order valence-corrected chi connectivity index (χ1v) is 15.5. The highest BCUT2D eigenvalue weighted by atomic mass is 19.3. The molecule has 0 atom stereocenters. The molecule has 0 saturated heterocycles. The van der Waals surface area contributed by atoms with E-state index in [1.165, 1.54) is 54.5 Å². The maximum Gasteiger partial charge on any atom is 0.387 e. The van der Waals surface area contributed by atoms with Gasteiger partial charge >= 0.3 is 6.61 Å². The molecule has 0 spiro atoms. The molecule has 0 fully saturated rings. The van der Waals surface area contributed by atoms with Crippen LogP contribution in [-0.2, 0) is 6.42 Å². The summed E-state index contributed by atoms with van der Waals surface area (Å²) in [6, 6.07) is 35.0. The number of halogens is 5. The lowest BCUT2D eigenvalue weighted by Crippen LogP contribution is -2.06. The molecule has 6 aromatic rings. The summed E-state index contributed by atoms with van der Waals surface area (Å²) in [5.41, 5.74) is 3.07. The van der Waals surface area contributed by atoms with Crippen molar-refractivity contribution in [3.05, 3.63) is 138 Å². The molecule has 0 unspecified atom stereocenters. The van der Waals surface area contributed by atoms with Gasteiger partial charge in [0.25, 0.3) is 0 Å². The predicted molar refractivity (Wildman–Crippen MR) is 178 cm³/mol. The van der Waals surface area contributed by atoms with E-state index in [2.05, 4.69) is 84.5 Å². The molecular formula is C40H35F5O. The Balaban J connectivity index is 0.000000350. The summed E-state index contributed by atoms with van der Waals surface area (Å²) in [6.07, 6.45) is 7.24. The minimum atomic E-state index is -3.38. The molecule has 0 radical (unpaired) electrons. The van der Waals surface area contributed by atoms with Crippen LogP contribution in [0.1, 0.15) is 44.6 Å². The summed E-state index contributed by atoms with van der Waals surface area (Å²) in [7, 11) is 0. The van der Waals surface area contributed by atoms with Crippen LogP contribution in [0.4, 0.5) is 22.0 Å². The van der Waals surface area contributed by atoms with Gasteiger partial charge in [-0.3, -0.25) is 0 Å². The summed E-state index contributed by atoms with van der Waals surface area (Å²) in [5, 5.41) is 3.54. The first-order valence-electron chi connectivity index (χ1n) is 15.5. The normalized spacial score (nSPS) is 11.1. The number of benzene rings is 6. The number of hydrogen-bond acceptors (Lipinski definition) is 1. The third-order valence-electron chi connectivity index (χ3n) is 7.99. The first kappa shape index (κ1) is 32.7. The van der Waals surface area contributed by atoms with Crippen LogP contribution in [-0.4, -0.2) is 6.61 Å². The minimum Gasteiger partial charge on any atom is -0.429 e. The third-order valence-corrected chi connectivity index (χ3v) is 7.99. The average molecular weight is 627 g/mol. The van der Waals surface area contributed by atoms with Crippen molar-refractivity contribution in [2.45, 2.75) is 52.1 Å². The zero-order chi connectivity index (χ0) is 32.5. The molecule has 6 aromatic carbocycles. The predicted octanol–water partition coefficient (Wildman–Crippen LogP) is 12.5. The summed E-state index contributed by atoms with van der Waals surface area (Å²) in [4.78, 5) is 0. The van der Waals surface area contributed by atoms with Gasteiger partial charge in [0, 0.05) is 10.9 Å². The van der Waals surface area contributed by atoms with Crippen LogP contribution in [0.5, 0.6) is 5.75 Å². The Morgan fingerprint density at radius 1 is 0.565 bits per heavy atom. The summed E-state index contributed by atoms with van der Waals surface area (Å²) in [5.74, 6) is -4.50. The third kappa shape index (κ3) is 8.11. The highest BCUT2D eigenvalue weighted by Crippen LogP contribution is 2.35. The topological polar surface area (TPSA) is 9.23 Å². The van der Waals surface area contributed by atoms with Gasteiger partial charge in [-0.25, -0.2) is 13.2 Å². The monoisotopic (exact) mass is 626 g/mol. The fourth-order valence-corrected chi connectivity index (χ4v) is 5.54. The van der Waals surface area contributed by atoms with Gasteiger partial charge in [-0.15, -0.1) is 0 Å². The Bertz CT molecular complexity index is 1810. The van der Waals surface area contributed by atoms with Crippen LogP contribution in [0, 0.1) is 17.5 Å². The second kappa shape index (κ2) is 15.5. The van der Waals surface area contributed by atoms with Gasteiger partial charge in [0.1, 0.15) is 5.82 Å². The molecule has 0 amide bonds. The lowest BCUT2D eigenvalue weighted by Gasteiger charge is -2.12. The number of rotatable bonds is 10. The molecular weight excluding hydrogens is 591 g/mol. The molecule has 0 N–H and O–H groups in total. The van der Waals surface area contributed by atoms with E-state index in [1.807, 2.05) is 6.07 Å². The van der Waals surface area contributed by atoms with Gasteiger partial charge in [-0.1, -0.05) is 130 Å². The van der Waals surface area contributed by atoms with Crippen LogP contribution in [0.3, 0.4) is 0 Å². The number of unbranched alkanes of at least 4 members (excludes halogenated alkanes) is 4. The van der Waals surface area contributed by atoms with Crippen molar-refractivity contribution >= 4 is 21.5 Å². The highest BCUT2D eigenvalue weighted by Gasteiger charge is 2.19. The zero-order valence-electron chi connectivity index (χ0n) is 25.6. The van der Waals surface area contributed by atoms with Crippen molar-refractivity contribution in [2.75, 3.05) is 0 Å². The van der Waals surface area contributed by atoms with E-state index in [-0.39, 0.29) is 16.5 Å².